The number of aliphatic hydroxyl groups excluding tert-OH is 8. The van der Waals surface area contributed by atoms with E-state index in [0.29, 0.717) is 0 Å². The Morgan fingerprint density at radius 3 is 1.88 bits per heavy atom. The van der Waals surface area contributed by atoms with E-state index in [-0.39, 0.29) is 51.2 Å². The van der Waals surface area contributed by atoms with Gasteiger partial charge in [-0.1, -0.05) is 124 Å². The second-order valence-corrected chi connectivity index (χ2v) is 25.0. The van der Waals surface area contributed by atoms with Gasteiger partial charge in [0.05, 0.1) is 80.0 Å². The third-order valence-electron chi connectivity index (χ3n) is 15.5. The molecule has 494 valence electrons. The van der Waals surface area contributed by atoms with Gasteiger partial charge >= 0.3 is 24.2 Å². The average molecular weight is 1270 g/mol. The molecule has 27 heteroatoms. The number of nitrogens with one attached hydrogen (secondary N) is 3. The van der Waals surface area contributed by atoms with E-state index in [9.17, 15) is 78.3 Å². The highest BCUT2D eigenvalue weighted by Gasteiger charge is 2.58. The molecule has 0 aromatic carbocycles. The highest BCUT2D eigenvalue weighted by Crippen LogP contribution is 2.44. The molecule has 4 aliphatic rings. The van der Waals surface area contributed by atoms with E-state index in [1.165, 1.54) is 31.2 Å². The summed E-state index contributed by atoms with van der Waals surface area (Å²) in [4.78, 5) is 66.0. The zero-order valence-electron chi connectivity index (χ0n) is 50.4. The molecule has 2 bridgehead atoms. The van der Waals surface area contributed by atoms with Crippen LogP contribution in [0.4, 0.5) is 14.4 Å². The Labute approximate surface area is 513 Å². The minimum Gasteiger partial charge on any atom is -0.462 e. The van der Waals surface area contributed by atoms with Crippen LogP contribution in [0, 0.1) is 11.8 Å². The second-order valence-electron chi connectivity index (χ2n) is 22.7. The standard InChI is InChI=1S/C61H91N3O23S/c1-8-28-81-58(76)64-52-54(73)40(6)84-56(55(52)74)85-44-23-21-19-17-15-13-11-10-12-14-16-18-20-22-37(3)53(72)38(4)39(5)83-50(71)32-42(66)30-41(65)24-25-45(68)46(69)31-43(67)34-61(78)35-48(86-59(77)82-29-9-2)51(47(33-44)87-61)63-57(75)62-36-49(70)60(26-27-60)88(7,79)80/h8-23,37-48,51-56,65-69,72-74,78H,1-2,24-36H2,3-7H3,(H,64,76)(H2,62,63,75)/b11-10+,14-12+,15-13+,18-16+,19-17+,22-20+,23-21+/t37-,38-,39-,40+,41+,42+,43-,44-,45+,46+,47-,48-,51-,52-,53+,54+,55-,56-,61+/m0/s1. The monoisotopic (exact) mass is 1270 g/mol. The maximum atomic E-state index is 13.9. The Bertz CT molecular complexity index is 2620. The number of carbonyl (C=O) groups excluding carboxylic acids is 5. The van der Waals surface area contributed by atoms with Gasteiger partial charge in [0, 0.05) is 43.8 Å². The number of urea groups is 1. The van der Waals surface area contributed by atoms with Gasteiger partial charge in [0.15, 0.2) is 27.7 Å². The van der Waals surface area contributed by atoms with Crippen molar-refractivity contribution in [1.29, 1.82) is 0 Å². The number of cyclic esters (lactones) is 1. The zero-order chi connectivity index (χ0) is 65.4. The van der Waals surface area contributed by atoms with Gasteiger partial charge in [0.2, 0.25) is 0 Å². The van der Waals surface area contributed by atoms with Crippen molar-refractivity contribution < 1.29 is 112 Å². The molecule has 0 unspecified atom stereocenters. The van der Waals surface area contributed by atoms with Gasteiger partial charge in [-0.25, -0.2) is 22.8 Å². The number of rotatable bonds is 13. The van der Waals surface area contributed by atoms with Crippen LogP contribution in [0.1, 0.15) is 91.9 Å². The summed E-state index contributed by atoms with van der Waals surface area (Å²) in [5, 5.41) is 109. The van der Waals surface area contributed by atoms with Crippen molar-refractivity contribution in [2.24, 2.45) is 11.8 Å². The largest absolute Gasteiger partial charge is 0.508 e. The van der Waals surface area contributed by atoms with E-state index in [1.807, 2.05) is 0 Å². The second kappa shape index (κ2) is 36.1. The molecule has 1 saturated carbocycles. The number of fused-ring (bicyclic) bond motifs is 2. The smallest absolute Gasteiger partial charge is 0.462 e. The number of amides is 3. The first-order valence-electron chi connectivity index (χ1n) is 29.3. The molecule has 0 radical (unpaired) electrons. The predicted octanol–water partition coefficient (Wildman–Crippen LogP) is 2.13. The Balaban J connectivity index is 1.77. The van der Waals surface area contributed by atoms with Gasteiger partial charge in [-0.05, 0) is 46.0 Å². The number of aliphatic hydroxyl groups is 9. The number of ketones is 1. The van der Waals surface area contributed by atoms with E-state index in [2.05, 4.69) is 29.1 Å². The van der Waals surface area contributed by atoms with Crippen LogP contribution in [0.15, 0.2) is 110 Å². The number of carbonyl (C=O) groups is 5. The number of esters is 1. The molecule has 0 aromatic rings. The number of allylic oxidation sites excluding steroid dienone is 12. The van der Waals surface area contributed by atoms with Crippen molar-refractivity contribution >= 4 is 39.9 Å². The molecule has 12 N–H and O–H groups in total. The lowest BCUT2D eigenvalue weighted by molar-refractivity contribution is -0.303. The fraction of sp³-hybridized carbons (Fsp3) is 0.623. The number of Topliss-reactive ketones (excluding diaryl/α,β-unsaturated/α-hetero) is 1. The van der Waals surface area contributed by atoms with Crippen molar-refractivity contribution in [3.8, 4) is 0 Å². The first-order valence-corrected chi connectivity index (χ1v) is 31.2. The summed E-state index contributed by atoms with van der Waals surface area (Å²) in [5.74, 6) is -4.96. The molecule has 1 aliphatic carbocycles. The number of hydrogen-bond donors (Lipinski definition) is 12. The zero-order valence-corrected chi connectivity index (χ0v) is 51.2. The van der Waals surface area contributed by atoms with Crippen LogP contribution in [0.25, 0.3) is 0 Å². The number of ether oxygens (including phenoxy) is 7. The van der Waals surface area contributed by atoms with Crippen molar-refractivity contribution in [3.05, 3.63) is 110 Å². The normalized spacial score (nSPS) is 37.6. The van der Waals surface area contributed by atoms with Crippen LogP contribution in [-0.4, -0.2) is 219 Å². The molecular formula is C61H91N3O23S. The average Bonchev–Trinajstić information content (AvgIpc) is 2.84. The maximum absolute atomic E-state index is 13.9. The molecule has 88 heavy (non-hydrogen) atoms. The molecule has 3 aliphatic heterocycles. The maximum Gasteiger partial charge on any atom is 0.508 e. The molecule has 3 amide bonds. The Morgan fingerprint density at radius 2 is 1.28 bits per heavy atom. The molecule has 0 spiro atoms. The molecule has 4 rings (SSSR count). The first-order chi connectivity index (χ1) is 41.5. The van der Waals surface area contributed by atoms with Crippen molar-refractivity contribution in [3.63, 3.8) is 0 Å². The fourth-order valence-electron chi connectivity index (χ4n) is 10.2. The third kappa shape index (κ3) is 24.1. The minimum absolute atomic E-state index is 0.0378. The lowest BCUT2D eigenvalue weighted by atomic mass is 9.86. The predicted molar refractivity (Wildman–Crippen MR) is 319 cm³/mol. The summed E-state index contributed by atoms with van der Waals surface area (Å²) in [5.41, 5.74) is 0. The molecular weight excluding hydrogens is 1170 g/mol. The quantitative estimate of drug-likeness (QED) is 0.0714. The molecule has 19 atom stereocenters. The van der Waals surface area contributed by atoms with Gasteiger partial charge < -0.3 is 95.1 Å². The van der Waals surface area contributed by atoms with Crippen LogP contribution >= 0.6 is 0 Å². The van der Waals surface area contributed by atoms with Crippen molar-refractivity contribution in [1.82, 2.24) is 16.0 Å². The van der Waals surface area contributed by atoms with E-state index in [0.717, 1.165) is 6.26 Å². The van der Waals surface area contributed by atoms with Crippen LogP contribution < -0.4 is 16.0 Å². The Morgan fingerprint density at radius 1 is 0.693 bits per heavy atom. The van der Waals surface area contributed by atoms with E-state index in [1.54, 1.807) is 93.7 Å². The van der Waals surface area contributed by atoms with E-state index < -0.39 is 193 Å². The minimum atomic E-state index is -3.88. The SMILES string of the molecule is C=CCOC(=O)N[C@@H]1[C@H](O)[C@H](O[C@H]2/C=C/C=C/C=C/C=C/C=C/C=C/C=C/[C@H](C)[C@@H](O)[C@@H](C)[C@H](C)OC(=O)C[C@H](O)C[C@H](O)CC[C@@H](O)[C@H](O)C[C@H](O)C[C@]3(O)C[C@H](OC(=O)OCC=C)[C@@H](NC(=O)NCC(=O)C4(S(C)(=O)=O)CC4)[C@H](C2)O3)O[C@H](C)[C@H]1O. The van der Waals surface area contributed by atoms with Gasteiger partial charge in [0.25, 0.3) is 0 Å². The fourth-order valence-corrected chi connectivity index (χ4v) is 11.5. The molecule has 3 heterocycles. The number of alkyl carbamates (subject to hydrolysis) is 1. The van der Waals surface area contributed by atoms with Crippen LogP contribution in [0.2, 0.25) is 0 Å². The van der Waals surface area contributed by atoms with Crippen LogP contribution in [0.5, 0.6) is 0 Å². The topological polar surface area (TPSA) is 402 Å². The highest BCUT2D eigenvalue weighted by molar-refractivity contribution is 7.93. The van der Waals surface area contributed by atoms with Gasteiger partial charge in [-0.2, -0.15) is 0 Å². The lowest BCUT2D eigenvalue weighted by Crippen LogP contribution is -2.65. The summed E-state index contributed by atoms with van der Waals surface area (Å²) in [6, 6.07) is -4.10. The summed E-state index contributed by atoms with van der Waals surface area (Å²) >= 11 is 0. The molecule has 26 nitrogen and oxygen atoms in total. The molecule has 3 fully saturated rings. The third-order valence-corrected chi connectivity index (χ3v) is 17.5. The van der Waals surface area contributed by atoms with Gasteiger partial charge in [-0.15, -0.1) is 0 Å². The van der Waals surface area contributed by atoms with Gasteiger partial charge in [0.1, 0.15) is 42.4 Å². The van der Waals surface area contributed by atoms with E-state index >= 15 is 0 Å². The Hall–Kier alpha value is -5.92. The van der Waals surface area contributed by atoms with Crippen molar-refractivity contribution in [2.45, 2.75) is 200 Å². The highest BCUT2D eigenvalue weighted by atomic mass is 32.2. The summed E-state index contributed by atoms with van der Waals surface area (Å²) in [6.45, 7) is 12.3. The first kappa shape index (κ1) is 74.5. The lowest BCUT2D eigenvalue weighted by Gasteiger charge is -2.47. The van der Waals surface area contributed by atoms with Crippen molar-refractivity contribution in [2.75, 3.05) is 26.0 Å². The molecule has 0 aromatic heterocycles. The summed E-state index contributed by atoms with van der Waals surface area (Å²) in [6.07, 6.45) is 0.981. The summed E-state index contributed by atoms with van der Waals surface area (Å²) in [7, 11) is -3.88. The van der Waals surface area contributed by atoms with Gasteiger partial charge in [-0.3, -0.25) is 9.59 Å². The summed E-state index contributed by atoms with van der Waals surface area (Å²) < 4.78 is 63.4. The Kier molecular flexibility index (Phi) is 30.5. The van der Waals surface area contributed by atoms with E-state index in [4.69, 9.17) is 33.2 Å². The number of hydrogen-bond acceptors (Lipinski definition) is 23. The van der Waals surface area contributed by atoms with Crippen LogP contribution in [0.3, 0.4) is 0 Å². The van der Waals surface area contributed by atoms with Crippen LogP contribution in [-0.2, 0) is 52.6 Å². The number of sulfone groups is 1. The molecule has 2 saturated heterocycles.